The average molecular weight is 356 g/mol. The number of nitrogens with zero attached hydrogens (tertiary/aromatic N) is 3. The van der Waals surface area contributed by atoms with E-state index >= 15 is 0 Å². The zero-order valence-electron chi connectivity index (χ0n) is 16.0. The number of carbonyl (C=O) groups excluding carboxylic acids is 2. The second-order valence-corrected chi connectivity index (χ2v) is 7.60. The van der Waals surface area contributed by atoms with Crippen molar-refractivity contribution in [3.05, 3.63) is 47.8 Å². The van der Waals surface area contributed by atoms with Crippen LogP contribution in [0.15, 0.2) is 30.7 Å². The highest BCUT2D eigenvalue weighted by atomic mass is 16.6. The van der Waals surface area contributed by atoms with Gasteiger partial charge in [-0.2, -0.15) is 0 Å². The average Bonchev–Trinajstić information content (AvgIpc) is 2.53. The molecule has 2 heterocycles. The van der Waals surface area contributed by atoms with E-state index in [-0.39, 0.29) is 11.5 Å². The van der Waals surface area contributed by atoms with Gasteiger partial charge in [0.15, 0.2) is 5.78 Å². The molecule has 0 atom stereocenters. The topological polar surface area (TPSA) is 94.1 Å². The molecule has 0 unspecified atom stereocenters. The Labute approximate surface area is 153 Å². The minimum atomic E-state index is -0.916. The van der Waals surface area contributed by atoms with E-state index in [9.17, 15) is 9.59 Å². The van der Waals surface area contributed by atoms with Crippen LogP contribution in [0.3, 0.4) is 0 Å². The van der Waals surface area contributed by atoms with Crippen LogP contribution in [0.25, 0.3) is 0 Å². The van der Waals surface area contributed by atoms with Gasteiger partial charge in [0.1, 0.15) is 17.1 Å². The number of rotatable bonds is 4. The van der Waals surface area contributed by atoms with E-state index in [1.807, 2.05) is 6.92 Å². The van der Waals surface area contributed by atoms with Crippen LogP contribution < -0.4 is 5.32 Å². The largest absolute Gasteiger partial charge is 0.444 e. The minimum absolute atomic E-state index is 0.204. The van der Waals surface area contributed by atoms with Crippen molar-refractivity contribution in [2.75, 3.05) is 5.32 Å². The number of ether oxygens (including phenoxy) is 1. The lowest BCUT2D eigenvalue weighted by molar-refractivity contribution is 0.0635. The monoisotopic (exact) mass is 356 g/mol. The van der Waals surface area contributed by atoms with Crippen LogP contribution in [0.1, 0.15) is 56.5 Å². The second kappa shape index (κ2) is 7.19. The van der Waals surface area contributed by atoms with E-state index in [2.05, 4.69) is 20.3 Å². The highest BCUT2D eigenvalue weighted by molar-refractivity contribution is 6.01. The first-order chi connectivity index (χ1) is 12.0. The number of Topliss-reactive ketones (excluding diaryl/α,β-unsaturated/α-hetero) is 1. The molecule has 1 amide bonds. The normalized spacial score (nSPS) is 11.8. The van der Waals surface area contributed by atoms with E-state index in [0.29, 0.717) is 11.5 Å². The molecule has 0 aliphatic rings. The molecule has 0 aliphatic heterocycles. The Morgan fingerprint density at radius 1 is 0.962 bits per heavy atom. The number of aryl methyl sites for hydroxylation is 1. The zero-order valence-corrected chi connectivity index (χ0v) is 16.0. The molecule has 0 fully saturated rings. The number of aromatic nitrogens is 3. The van der Waals surface area contributed by atoms with Crippen molar-refractivity contribution in [2.24, 2.45) is 0 Å². The van der Waals surface area contributed by atoms with Gasteiger partial charge in [-0.15, -0.1) is 0 Å². The maximum Gasteiger partial charge on any atom is 0.412 e. The summed E-state index contributed by atoms with van der Waals surface area (Å²) in [4.78, 5) is 37.3. The molecule has 2 aromatic rings. The Bertz CT molecular complexity index is 791. The van der Waals surface area contributed by atoms with Crippen LogP contribution in [0.2, 0.25) is 0 Å². The third-order valence-corrected chi connectivity index (χ3v) is 3.55. The van der Waals surface area contributed by atoms with Gasteiger partial charge in [0, 0.05) is 12.4 Å². The van der Waals surface area contributed by atoms with Gasteiger partial charge in [-0.05, 0) is 59.2 Å². The standard InChI is InChI=1S/C19H24N4O3/c1-12-9-21-16(22-10-12)19(5,6)15(24)14-8-7-13(11-20-14)23-17(25)26-18(2,3)4/h7-11H,1-6H3,(H,23,25). The number of ketones is 1. The first kappa shape index (κ1) is 19.5. The molecular formula is C19H24N4O3. The number of anilines is 1. The predicted octanol–water partition coefficient (Wildman–Crippen LogP) is 3.69. The Hall–Kier alpha value is -2.83. The Kier molecular flexibility index (Phi) is 5.39. The van der Waals surface area contributed by atoms with Gasteiger partial charge >= 0.3 is 6.09 Å². The van der Waals surface area contributed by atoms with Gasteiger partial charge in [0.2, 0.25) is 0 Å². The third-order valence-electron chi connectivity index (χ3n) is 3.55. The van der Waals surface area contributed by atoms with Gasteiger partial charge in [-0.25, -0.2) is 14.8 Å². The molecule has 0 aliphatic carbocycles. The fraction of sp³-hybridized carbons (Fsp3) is 0.421. The lowest BCUT2D eigenvalue weighted by Crippen LogP contribution is -2.32. The number of nitrogens with one attached hydrogen (secondary N) is 1. The van der Waals surface area contributed by atoms with Gasteiger partial charge in [-0.1, -0.05) is 0 Å². The Balaban J connectivity index is 2.13. The minimum Gasteiger partial charge on any atom is -0.444 e. The molecule has 0 radical (unpaired) electrons. The summed E-state index contributed by atoms with van der Waals surface area (Å²) in [6, 6.07) is 3.17. The molecule has 0 aromatic carbocycles. The number of hydrogen-bond acceptors (Lipinski definition) is 6. The van der Waals surface area contributed by atoms with E-state index in [1.54, 1.807) is 59.1 Å². The van der Waals surface area contributed by atoms with Crippen LogP contribution in [0.5, 0.6) is 0 Å². The lowest BCUT2D eigenvalue weighted by Gasteiger charge is -2.21. The maximum atomic E-state index is 12.8. The number of carbonyl (C=O) groups is 2. The van der Waals surface area contributed by atoms with Crippen LogP contribution in [-0.4, -0.2) is 32.4 Å². The van der Waals surface area contributed by atoms with Crippen molar-refractivity contribution >= 4 is 17.6 Å². The first-order valence-electron chi connectivity index (χ1n) is 8.29. The van der Waals surface area contributed by atoms with Crippen LogP contribution in [0.4, 0.5) is 10.5 Å². The van der Waals surface area contributed by atoms with Crippen LogP contribution in [0, 0.1) is 6.92 Å². The van der Waals surface area contributed by atoms with Gasteiger partial charge < -0.3 is 4.74 Å². The molecule has 7 heteroatoms. The van der Waals surface area contributed by atoms with Crippen LogP contribution in [-0.2, 0) is 10.2 Å². The first-order valence-corrected chi connectivity index (χ1v) is 8.29. The summed E-state index contributed by atoms with van der Waals surface area (Å²) < 4.78 is 5.18. The summed E-state index contributed by atoms with van der Waals surface area (Å²) in [5.41, 5.74) is 0.133. The van der Waals surface area contributed by atoms with Crippen molar-refractivity contribution in [1.82, 2.24) is 15.0 Å². The Morgan fingerprint density at radius 3 is 2.08 bits per heavy atom. The molecule has 26 heavy (non-hydrogen) atoms. The molecule has 0 spiro atoms. The summed E-state index contributed by atoms with van der Waals surface area (Å²) in [6.45, 7) is 10.7. The summed E-state index contributed by atoms with van der Waals surface area (Å²) in [5.74, 6) is 0.232. The predicted molar refractivity (Wildman–Crippen MR) is 98.2 cm³/mol. The number of pyridine rings is 1. The lowest BCUT2D eigenvalue weighted by atomic mass is 9.85. The second-order valence-electron chi connectivity index (χ2n) is 7.60. The maximum absolute atomic E-state index is 12.8. The quantitative estimate of drug-likeness (QED) is 0.840. The Morgan fingerprint density at radius 2 is 1.58 bits per heavy atom. The molecule has 0 saturated heterocycles. The van der Waals surface area contributed by atoms with Crippen molar-refractivity contribution in [3.63, 3.8) is 0 Å². The van der Waals surface area contributed by atoms with E-state index in [4.69, 9.17) is 4.74 Å². The molecule has 0 bridgehead atoms. The summed E-state index contributed by atoms with van der Waals surface area (Å²) in [7, 11) is 0. The smallest absolute Gasteiger partial charge is 0.412 e. The van der Waals surface area contributed by atoms with Gasteiger partial charge in [0.05, 0.1) is 17.3 Å². The van der Waals surface area contributed by atoms with Gasteiger partial charge in [0.25, 0.3) is 0 Å². The van der Waals surface area contributed by atoms with E-state index in [1.165, 1.54) is 6.20 Å². The molecule has 2 aromatic heterocycles. The summed E-state index contributed by atoms with van der Waals surface area (Å²) >= 11 is 0. The SMILES string of the molecule is Cc1cnc(C(C)(C)C(=O)c2ccc(NC(=O)OC(C)(C)C)cn2)nc1. The van der Waals surface area contributed by atoms with Crippen LogP contribution >= 0.6 is 0 Å². The van der Waals surface area contributed by atoms with Crippen molar-refractivity contribution < 1.29 is 14.3 Å². The van der Waals surface area contributed by atoms with E-state index < -0.39 is 17.1 Å². The molecule has 7 nitrogen and oxygen atoms in total. The van der Waals surface area contributed by atoms with Crippen molar-refractivity contribution in [3.8, 4) is 0 Å². The summed E-state index contributed by atoms with van der Waals surface area (Å²) in [6.07, 6.45) is 4.20. The van der Waals surface area contributed by atoms with Gasteiger partial charge in [-0.3, -0.25) is 15.1 Å². The highest BCUT2D eigenvalue weighted by Gasteiger charge is 2.34. The summed E-state index contributed by atoms with van der Waals surface area (Å²) in [5, 5.41) is 2.58. The molecule has 138 valence electrons. The van der Waals surface area contributed by atoms with E-state index in [0.717, 1.165) is 5.56 Å². The van der Waals surface area contributed by atoms with Crippen molar-refractivity contribution in [2.45, 2.75) is 52.6 Å². The van der Waals surface area contributed by atoms with Crippen molar-refractivity contribution in [1.29, 1.82) is 0 Å². The molecule has 0 saturated carbocycles. The number of amides is 1. The highest BCUT2D eigenvalue weighted by Crippen LogP contribution is 2.24. The molecule has 1 N–H and O–H groups in total. The molecular weight excluding hydrogens is 332 g/mol. The number of hydrogen-bond donors (Lipinski definition) is 1. The zero-order chi connectivity index (χ0) is 19.5. The molecule has 2 rings (SSSR count). The third kappa shape index (κ3) is 4.84. The fourth-order valence-corrected chi connectivity index (χ4v) is 2.16. The fourth-order valence-electron chi connectivity index (χ4n) is 2.16.